The van der Waals surface area contributed by atoms with Gasteiger partial charge in [0.15, 0.2) is 0 Å². The van der Waals surface area contributed by atoms with Crippen LogP contribution in [0.4, 0.5) is 0 Å². The van der Waals surface area contributed by atoms with E-state index >= 15 is 0 Å². The van der Waals surface area contributed by atoms with Crippen molar-refractivity contribution in [2.24, 2.45) is 5.92 Å². The summed E-state index contributed by atoms with van der Waals surface area (Å²) < 4.78 is 0. The monoisotopic (exact) mass is 284 g/mol. The quantitative estimate of drug-likeness (QED) is 0.321. The zero-order chi connectivity index (χ0) is 14.9. The smallest absolute Gasteiger partial charge is 0.0431 e. The first-order chi connectivity index (χ1) is 9.81. The third-order valence-corrected chi connectivity index (χ3v) is 4.41. The van der Waals surface area contributed by atoms with Crippen LogP contribution in [0.15, 0.2) is 0 Å². The van der Waals surface area contributed by atoms with Gasteiger partial charge in [0.2, 0.25) is 0 Å². The molecule has 122 valence electrons. The fourth-order valence-corrected chi connectivity index (χ4v) is 2.91. The molecule has 0 fully saturated rings. The van der Waals surface area contributed by atoms with Gasteiger partial charge in [-0.2, -0.15) is 0 Å². The summed E-state index contributed by atoms with van der Waals surface area (Å²) in [5, 5.41) is 8.69. The highest BCUT2D eigenvalue weighted by Gasteiger charge is 2.01. The van der Waals surface area contributed by atoms with Gasteiger partial charge in [0.05, 0.1) is 0 Å². The Morgan fingerprint density at radius 3 is 1.45 bits per heavy atom. The first-order valence-corrected chi connectivity index (χ1v) is 9.42. The van der Waals surface area contributed by atoms with Crippen molar-refractivity contribution in [3.8, 4) is 0 Å². The van der Waals surface area contributed by atoms with E-state index in [4.69, 9.17) is 5.11 Å². The number of unbranched alkanes of at least 4 members (excludes halogenated alkanes) is 11. The molecule has 1 heteroatoms. The average molecular weight is 285 g/mol. The maximum absolute atomic E-state index is 8.69. The molecule has 0 rings (SSSR count). The number of aliphatic hydroxyl groups excluding tert-OH is 1. The van der Waals surface area contributed by atoms with Crippen molar-refractivity contribution < 1.29 is 5.11 Å². The number of hydrogen-bond donors (Lipinski definition) is 1. The summed E-state index contributed by atoms with van der Waals surface area (Å²) in [6.07, 6.45) is 20.6. The summed E-state index contributed by atoms with van der Waals surface area (Å²) in [6.45, 7) is 5.10. The van der Waals surface area contributed by atoms with E-state index in [1.54, 1.807) is 0 Å². The van der Waals surface area contributed by atoms with Gasteiger partial charge >= 0.3 is 0 Å². The number of aliphatic hydroxyl groups is 1. The number of hydrogen-bond acceptors (Lipinski definition) is 1. The Hall–Kier alpha value is -0.0400. The van der Waals surface area contributed by atoms with Crippen molar-refractivity contribution in [1.82, 2.24) is 0 Å². The Balaban J connectivity index is 3.07. The minimum atomic E-state index is 0.372. The van der Waals surface area contributed by atoms with Gasteiger partial charge in [-0.1, -0.05) is 104 Å². The lowest BCUT2D eigenvalue weighted by Gasteiger charge is -2.10. The first kappa shape index (κ1) is 20.0. The predicted octanol–water partition coefficient (Wildman–Crippen LogP) is 6.49. The zero-order valence-corrected chi connectivity index (χ0v) is 14.3. The molecule has 0 saturated carbocycles. The van der Waals surface area contributed by atoms with Crippen LogP contribution in [0.25, 0.3) is 0 Å². The van der Waals surface area contributed by atoms with Gasteiger partial charge in [0.1, 0.15) is 0 Å². The molecule has 0 bridgehead atoms. The van der Waals surface area contributed by atoms with Gasteiger partial charge < -0.3 is 5.11 Å². The van der Waals surface area contributed by atoms with Crippen molar-refractivity contribution in [2.75, 3.05) is 6.61 Å². The molecule has 0 aromatic rings. The topological polar surface area (TPSA) is 20.2 Å². The van der Waals surface area contributed by atoms with Gasteiger partial charge in [-0.25, -0.2) is 0 Å². The van der Waals surface area contributed by atoms with Gasteiger partial charge in [0.25, 0.3) is 0 Å². The van der Waals surface area contributed by atoms with Crippen LogP contribution in [-0.2, 0) is 0 Å². The Kier molecular flexibility index (Phi) is 17.0. The summed E-state index contributed by atoms with van der Waals surface area (Å²) in [4.78, 5) is 0. The Labute approximate surface area is 128 Å². The molecule has 0 heterocycles. The van der Waals surface area contributed by atoms with Crippen LogP contribution in [0.1, 0.15) is 110 Å². The summed E-state index contributed by atoms with van der Waals surface area (Å²) in [5.74, 6) is 0.949. The molecule has 0 spiro atoms. The van der Waals surface area contributed by atoms with E-state index in [1.807, 2.05) is 0 Å². The molecular weight excluding hydrogens is 244 g/mol. The molecule has 0 aliphatic heterocycles. The highest BCUT2D eigenvalue weighted by atomic mass is 16.2. The van der Waals surface area contributed by atoms with Crippen molar-refractivity contribution >= 4 is 0 Å². The van der Waals surface area contributed by atoms with Crippen molar-refractivity contribution in [3.63, 3.8) is 0 Å². The van der Waals surface area contributed by atoms with Crippen LogP contribution in [0.5, 0.6) is 0 Å². The fraction of sp³-hybridized carbons (Fsp3) is 1.00. The maximum atomic E-state index is 8.69. The lowest BCUT2D eigenvalue weighted by atomic mass is 9.96. The second kappa shape index (κ2) is 17.0. The zero-order valence-electron chi connectivity index (χ0n) is 14.3. The maximum Gasteiger partial charge on any atom is 0.0431 e. The highest BCUT2D eigenvalue weighted by molar-refractivity contribution is 4.55. The average Bonchev–Trinajstić information content (AvgIpc) is 2.45. The minimum Gasteiger partial charge on any atom is -0.396 e. The molecule has 20 heavy (non-hydrogen) atoms. The fourth-order valence-electron chi connectivity index (χ4n) is 2.91. The van der Waals surface area contributed by atoms with Crippen molar-refractivity contribution in [2.45, 2.75) is 110 Å². The van der Waals surface area contributed by atoms with Gasteiger partial charge in [-0.15, -0.1) is 0 Å². The lowest BCUT2D eigenvalue weighted by Crippen LogP contribution is -1.95. The van der Waals surface area contributed by atoms with E-state index in [2.05, 4.69) is 13.8 Å². The molecule has 0 amide bonds. The Morgan fingerprint density at radius 1 is 0.600 bits per heavy atom. The molecule has 0 aliphatic carbocycles. The van der Waals surface area contributed by atoms with Crippen LogP contribution in [0.2, 0.25) is 0 Å². The van der Waals surface area contributed by atoms with E-state index < -0.39 is 0 Å². The second-order valence-corrected chi connectivity index (χ2v) is 6.65. The normalized spacial score (nSPS) is 12.8. The van der Waals surface area contributed by atoms with Gasteiger partial charge in [-0.3, -0.25) is 0 Å². The summed E-state index contributed by atoms with van der Waals surface area (Å²) in [6, 6.07) is 0. The van der Waals surface area contributed by atoms with Crippen molar-refractivity contribution in [1.29, 1.82) is 0 Å². The molecule has 1 N–H and O–H groups in total. The largest absolute Gasteiger partial charge is 0.396 e. The Bertz CT molecular complexity index is 167. The van der Waals surface area contributed by atoms with Crippen LogP contribution in [-0.4, -0.2) is 11.7 Å². The molecule has 0 radical (unpaired) electrons. The first-order valence-electron chi connectivity index (χ1n) is 9.42. The van der Waals surface area contributed by atoms with E-state index in [0.29, 0.717) is 6.61 Å². The van der Waals surface area contributed by atoms with Gasteiger partial charge in [0, 0.05) is 6.61 Å². The molecule has 1 nitrogen and oxygen atoms in total. The molecular formula is C19H40O. The van der Waals surface area contributed by atoms with Crippen LogP contribution < -0.4 is 0 Å². The molecule has 0 unspecified atom stereocenters. The third kappa shape index (κ3) is 16.0. The van der Waals surface area contributed by atoms with Crippen molar-refractivity contribution in [3.05, 3.63) is 0 Å². The number of rotatable bonds is 16. The molecule has 1 atom stereocenters. The van der Waals surface area contributed by atoms with Crippen LogP contribution in [0, 0.1) is 5.92 Å². The molecule has 0 aromatic heterocycles. The predicted molar refractivity (Wildman–Crippen MR) is 91.2 cm³/mol. The van der Waals surface area contributed by atoms with Gasteiger partial charge in [-0.05, 0) is 12.3 Å². The van der Waals surface area contributed by atoms with E-state index in [-0.39, 0.29) is 0 Å². The van der Waals surface area contributed by atoms with Crippen LogP contribution in [0.3, 0.4) is 0 Å². The summed E-state index contributed by atoms with van der Waals surface area (Å²) in [5.41, 5.74) is 0. The summed E-state index contributed by atoms with van der Waals surface area (Å²) >= 11 is 0. The third-order valence-electron chi connectivity index (χ3n) is 4.41. The van der Waals surface area contributed by atoms with E-state index in [0.717, 1.165) is 12.3 Å². The standard InChI is InChI=1S/C19H40O/c1-3-4-5-13-16-19(2)17-14-11-9-7-6-8-10-12-15-18-20/h19-20H,3-18H2,1-2H3/t19-/m0/s1. The summed E-state index contributed by atoms with van der Waals surface area (Å²) in [7, 11) is 0. The van der Waals surface area contributed by atoms with E-state index in [9.17, 15) is 0 Å². The minimum absolute atomic E-state index is 0.372. The lowest BCUT2D eigenvalue weighted by molar-refractivity contribution is 0.282. The second-order valence-electron chi connectivity index (χ2n) is 6.65. The molecule has 0 saturated heterocycles. The SMILES string of the molecule is CCCCCC[C@H](C)CCCCCCCCCCCO. The van der Waals surface area contributed by atoms with E-state index in [1.165, 1.54) is 89.9 Å². The highest BCUT2D eigenvalue weighted by Crippen LogP contribution is 2.18. The molecule has 0 aliphatic rings. The Morgan fingerprint density at radius 2 is 1.00 bits per heavy atom. The van der Waals surface area contributed by atoms with Crippen LogP contribution >= 0.6 is 0 Å². The molecule has 0 aromatic carbocycles.